The van der Waals surface area contributed by atoms with E-state index in [9.17, 15) is 18.3 Å². The van der Waals surface area contributed by atoms with Crippen molar-refractivity contribution in [2.75, 3.05) is 13.1 Å². The predicted molar refractivity (Wildman–Crippen MR) is 116 cm³/mol. The van der Waals surface area contributed by atoms with Crippen molar-refractivity contribution in [3.63, 3.8) is 0 Å². The van der Waals surface area contributed by atoms with Crippen LogP contribution < -0.4 is 0 Å². The van der Waals surface area contributed by atoms with Crippen LogP contribution in [-0.4, -0.2) is 41.9 Å². The number of carbonyl (C=O) groups is 1. The summed E-state index contributed by atoms with van der Waals surface area (Å²) < 4.78 is 27.8. The summed E-state index contributed by atoms with van der Waals surface area (Å²) in [6.07, 6.45) is 3.69. The van der Waals surface area contributed by atoms with E-state index < -0.39 is 16.0 Å². The Morgan fingerprint density at radius 2 is 1.70 bits per heavy atom. The highest BCUT2D eigenvalue weighted by atomic mass is 35.5. The molecule has 1 aliphatic rings. The predicted octanol–water partition coefficient (Wildman–Crippen LogP) is 4.82. The van der Waals surface area contributed by atoms with Crippen molar-refractivity contribution in [3.05, 3.63) is 59.1 Å². The first-order valence-electron chi connectivity index (χ1n) is 9.81. The number of carboxylic acid groups (broad SMARTS) is 1. The first kappa shape index (κ1) is 20.8. The maximum atomic E-state index is 13.1. The number of halogens is 1. The molecule has 30 heavy (non-hydrogen) atoms. The molecule has 1 aromatic heterocycles. The number of aromatic carboxylic acids is 1. The number of hydrogen-bond acceptors (Lipinski definition) is 4. The van der Waals surface area contributed by atoms with E-state index in [2.05, 4.69) is 4.98 Å². The first-order valence-corrected chi connectivity index (χ1v) is 11.6. The second kappa shape index (κ2) is 8.34. The molecule has 0 radical (unpaired) electrons. The summed E-state index contributed by atoms with van der Waals surface area (Å²) in [5.74, 6) is -1.15. The van der Waals surface area contributed by atoms with E-state index >= 15 is 0 Å². The molecule has 0 aliphatic carbocycles. The second-order valence-electron chi connectivity index (χ2n) is 7.34. The Balaban J connectivity index is 1.85. The van der Waals surface area contributed by atoms with Gasteiger partial charge in [-0.2, -0.15) is 4.31 Å². The lowest BCUT2D eigenvalue weighted by molar-refractivity contribution is 0.0699. The van der Waals surface area contributed by atoms with Gasteiger partial charge in [-0.3, -0.25) is 0 Å². The van der Waals surface area contributed by atoms with Gasteiger partial charge in [-0.15, -0.1) is 0 Å². The summed E-state index contributed by atoms with van der Waals surface area (Å²) in [5, 5.41) is 10.5. The van der Waals surface area contributed by atoms with Crippen LogP contribution in [0.1, 0.15) is 36.0 Å². The van der Waals surface area contributed by atoms with Crippen molar-refractivity contribution in [3.8, 4) is 11.3 Å². The standard InChI is InChI=1S/C22H21ClN2O4S/c23-19-8-4-3-7-16(19)21-14-18(22(26)27)17-13-15(9-10-20(17)24-21)30(28,29)25-11-5-1-2-6-12-25/h3-4,7-10,13-14H,1-2,5-6,11-12H2,(H,26,27). The highest BCUT2D eigenvalue weighted by Crippen LogP contribution is 2.31. The fraction of sp³-hybridized carbons (Fsp3) is 0.273. The zero-order valence-electron chi connectivity index (χ0n) is 16.2. The maximum Gasteiger partial charge on any atom is 0.336 e. The molecular formula is C22H21ClN2O4S. The third kappa shape index (κ3) is 3.93. The lowest BCUT2D eigenvalue weighted by Gasteiger charge is -2.20. The van der Waals surface area contributed by atoms with Gasteiger partial charge in [-0.25, -0.2) is 18.2 Å². The number of hydrogen-bond donors (Lipinski definition) is 1. The molecule has 3 aromatic rings. The molecule has 0 amide bonds. The molecule has 1 saturated heterocycles. The number of aromatic nitrogens is 1. The summed E-state index contributed by atoms with van der Waals surface area (Å²) in [5.41, 5.74) is 1.43. The van der Waals surface area contributed by atoms with Crippen LogP contribution >= 0.6 is 11.6 Å². The lowest BCUT2D eigenvalue weighted by Crippen LogP contribution is -2.31. The molecule has 6 nitrogen and oxygen atoms in total. The highest BCUT2D eigenvalue weighted by Gasteiger charge is 2.26. The third-order valence-electron chi connectivity index (χ3n) is 5.36. The Morgan fingerprint density at radius 3 is 2.37 bits per heavy atom. The number of carboxylic acids is 1. The maximum absolute atomic E-state index is 13.1. The number of pyridine rings is 1. The molecule has 1 fully saturated rings. The molecule has 2 aromatic carbocycles. The van der Waals surface area contributed by atoms with Crippen molar-refractivity contribution < 1.29 is 18.3 Å². The van der Waals surface area contributed by atoms with Crippen LogP contribution in [0.3, 0.4) is 0 Å². The van der Waals surface area contributed by atoms with Crippen LogP contribution in [0.15, 0.2) is 53.4 Å². The molecule has 8 heteroatoms. The van der Waals surface area contributed by atoms with Gasteiger partial charge < -0.3 is 5.11 Å². The summed E-state index contributed by atoms with van der Waals surface area (Å²) >= 11 is 6.25. The van der Waals surface area contributed by atoms with Gasteiger partial charge in [0.2, 0.25) is 10.0 Å². The molecule has 2 heterocycles. The van der Waals surface area contributed by atoms with Crippen LogP contribution in [0.4, 0.5) is 0 Å². The average Bonchev–Trinajstić information content (AvgIpc) is 3.03. The van der Waals surface area contributed by atoms with Gasteiger partial charge in [-0.05, 0) is 43.2 Å². The van der Waals surface area contributed by atoms with Gasteiger partial charge >= 0.3 is 5.97 Å². The fourth-order valence-electron chi connectivity index (χ4n) is 3.78. The van der Waals surface area contributed by atoms with Crippen LogP contribution in [0.5, 0.6) is 0 Å². The van der Waals surface area contributed by atoms with Gasteiger partial charge in [-0.1, -0.05) is 42.6 Å². The second-order valence-corrected chi connectivity index (χ2v) is 9.68. The summed E-state index contributed by atoms with van der Waals surface area (Å²) in [6.45, 7) is 0.964. The van der Waals surface area contributed by atoms with Gasteiger partial charge in [0.25, 0.3) is 0 Å². The first-order chi connectivity index (χ1) is 14.4. The Bertz CT molecular complexity index is 1220. The van der Waals surface area contributed by atoms with Crippen molar-refractivity contribution >= 4 is 38.5 Å². The molecule has 0 unspecified atom stereocenters. The molecule has 0 atom stereocenters. The van der Waals surface area contributed by atoms with Gasteiger partial charge in [0.05, 0.1) is 21.7 Å². The van der Waals surface area contributed by atoms with E-state index in [0.29, 0.717) is 34.9 Å². The molecular weight excluding hydrogens is 424 g/mol. The SMILES string of the molecule is O=C(O)c1cc(-c2ccccc2Cl)nc2ccc(S(=O)(=O)N3CCCCCC3)cc12. The highest BCUT2D eigenvalue weighted by molar-refractivity contribution is 7.89. The van der Waals surface area contributed by atoms with Crippen molar-refractivity contribution in [1.29, 1.82) is 0 Å². The molecule has 156 valence electrons. The minimum absolute atomic E-state index is 0.0113. The number of rotatable bonds is 4. The van der Waals surface area contributed by atoms with Crippen LogP contribution in [0.25, 0.3) is 22.2 Å². The quantitative estimate of drug-likeness (QED) is 0.623. The normalized spacial score (nSPS) is 15.8. The fourth-order valence-corrected chi connectivity index (χ4v) is 5.56. The van der Waals surface area contributed by atoms with E-state index in [4.69, 9.17) is 11.6 Å². The van der Waals surface area contributed by atoms with Crippen LogP contribution in [0.2, 0.25) is 5.02 Å². The molecule has 4 rings (SSSR count). The topological polar surface area (TPSA) is 87.6 Å². The van der Waals surface area contributed by atoms with Crippen molar-refractivity contribution in [2.45, 2.75) is 30.6 Å². The Kier molecular flexibility index (Phi) is 5.77. The van der Waals surface area contributed by atoms with E-state index in [0.717, 1.165) is 25.7 Å². The monoisotopic (exact) mass is 444 g/mol. The third-order valence-corrected chi connectivity index (χ3v) is 7.59. The molecule has 0 saturated carbocycles. The minimum atomic E-state index is -3.70. The van der Waals surface area contributed by atoms with Gasteiger partial charge in [0.15, 0.2) is 0 Å². The summed E-state index contributed by atoms with van der Waals surface area (Å²) in [4.78, 5) is 16.6. The lowest BCUT2D eigenvalue weighted by atomic mass is 10.0. The zero-order chi connectivity index (χ0) is 21.3. The van der Waals surface area contributed by atoms with Crippen molar-refractivity contribution in [2.24, 2.45) is 0 Å². The van der Waals surface area contributed by atoms with Crippen LogP contribution in [-0.2, 0) is 10.0 Å². The number of nitrogens with zero attached hydrogens (tertiary/aromatic N) is 2. The molecule has 1 N–H and O–H groups in total. The smallest absolute Gasteiger partial charge is 0.336 e. The summed E-state index contributed by atoms with van der Waals surface area (Å²) in [6, 6.07) is 13.0. The largest absolute Gasteiger partial charge is 0.478 e. The van der Waals surface area contributed by atoms with E-state index in [1.807, 2.05) is 0 Å². The van der Waals surface area contributed by atoms with Gasteiger partial charge in [0.1, 0.15) is 0 Å². The molecule has 0 bridgehead atoms. The zero-order valence-corrected chi connectivity index (χ0v) is 17.8. The van der Waals surface area contributed by atoms with Crippen LogP contribution in [0, 0.1) is 0 Å². The number of sulfonamides is 1. The van der Waals surface area contributed by atoms with Gasteiger partial charge in [0, 0.05) is 29.1 Å². The number of fused-ring (bicyclic) bond motifs is 1. The van der Waals surface area contributed by atoms with E-state index in [-0.39, 0.29) is 15.8 Å². The molecule has 1 aliphatic heterocycles. The Morgan fingerprint density at radius 1 is 1.00 bits per heavy atom. The van der Waals surface area contributed by atoms with E-state index in [1.54, 1.807) is 30.3 Å². The minimum Gasteiger partial charge on any atom is -0.478 e. The Hall–Kier alpha value is -2.48. The van der Waals surface area contributed by atoms with Crippen molar-refractivity contribution in [1.82, 2.24) is 9.29 Å². The summed E-state index contributed by atoms with van der Waals surface area (Å²) in [7, 11) is -3.70. The Labute approximate surface area is 180 Å². The average molecular weight is 445 g/mol. The molecule has 0 spiro atoms. The van der Waals surface area contributed by atoms with E-state index in [1.165, 1.54) is 22.5 Å². The number of benzene rings is 2.